The minimum Gasteiger partial charge on any atom is -0.494 e. The molecule has 0 N–H and O–H groups in total. The van der Waals surface area contributed by atoms with Crippen molar-refractivity contribution in [1.82, 2.24) is 9.88 Å². The molecule has 0 fully saturated rings. The first kappa shape index (κ1) is 22.1. The van der Waals surface area contributed by atoms with Crippen LogP contribution in [0.25, 0.3) is 10.2 Å². The third-order valence-corrected chi connectivity index (χ3v) is 7.04. The van der Waals surface area contributed by atoms with Gasteiger partial charge < -0.3 is 9.64 Å². The molecule has 0 radical (unpaired) electrons. The van der Waals surface area contributed by atoms with Gasteiger partial charge in [-0.15, -0.1) is 0 Å². The fourth-order valence-corrected chi connectivity index (χ4v) is 5.01. The highest BCUT2D eigenvalue weighted by Crippen LogP contribution is 2.34. The molecule has 0 aliphatic carbocycles. The summed E-state index contributed by atoms with van der Waals surface area (Å²) in [5.74, 6) is -1.30. The molecule has 3 rings (SSSR count). The zero-order valence-corrected chi connectivity index (χ0v) is 18.5. The van der Waals surface area contributed by atoms with Crippen molar-refractivity contribution in [3.05, 3.63) is 48.3 Å². The number of carbonyl (C=O) groups is 1. The number of nitrogens with zero attached hydrogens (tertiary/aromatic N) is 3. The van der Waals surface area contributed by atoms with E-state index in [2.05, 4.69) is 4.98 Å². The van der Waals surface area contributed by atoms with Gasteiger partial charge in [0, 0.05) is 13.1 Å². The molecule has 3 aromatic rings. The molecule has 0 bridgehead atoms. The molecular weight excluding hydrogens is 429 g/mol. The minimum atomic E-state index is -3.93. The SMILES string of the molecule is COc1cccc2sc(N(CCN(C)C)C(=O)CS(=O)(=O)c3ccc(F)cc3)nc12. The molecule has 1 amide bonds. The first-order valence-electron chi connectivity index (χ1n) is 9.08. The lowest BCUT2D eigenvalue weighted by molar-refractivity contribution is -0.116. The molecular formula is C20H22FN3O4S2. The van der Waals surface area contributed by atoms with Gasteiger partial charge in [0.05, 0.1) is 16.7 Å². The number of anilines is 1. The maximum Gasteiger partial charge on any atom is 0.244 e. The molecule has 0 saturated carbocycles. The Kier molecular flexibility index (Phi) is 6.69. The Morgan fingerprint density at radius 1 is 1.13 bits per heavy atom. The summed E-state index contributed by atoms with van der Waals surface area (Å²) in [6.07, 6.45) is 0. The van der Waals surface area contributed by atoms with Gasteiger partial charge in [-0.2, -0.15) is 0 Å². The van der Waals surface area contributed by atoms with E-state index in [0.29, 0.717) is 22.9 Å². The van der Waals surface area contributed by atoms with Crippen LogP contribution in [0.5, 0.6) is 5.75 Å². The van der Waals surface area contributed by atoms with Gasteiger partial charge in [0.15, 0.2) is 15.0 Å². The van der Waals surface area contributed by atoms with Crippen molar-refractivity contribution in [2.45, 2.75) is 4.90 Å². The number of hydrogen-bond donors (Lipinski definition) is 0. The molecule has 30 heavy (non-hydrogen) atoms. The van der Waals surface area contributed by atoms with E-state index in [4.69, 9.17) is 4.74 Å². The van der Waals surface area contributed by atoms with Crippen molar-refractivity contribution in [2.75, 3.05) is 44.9 Å². The summed E-state index contributed by atoms with van der Waals surface area (Å²) in [5.41, 5.74) is 0.615. The molecule has 10 heteroatoms. The summed E-state index contributed by atoms with van der Waals surface area (Å²) in [6, 6.07) is 9.89. The van der Waals surface area contributed by atoms with E-state index in [1.807, 2.05) is 31.1 Å². The first-order chi connectivity index (χ1) is 14.2. The van der Waals surface area contributed by atoms with Crippen LogP contribution in [0.2, 0.25) is 0 Å². The topological polar surface area (TPSA) is 79.8 Å². The van der Waals surface area contributed by atoms with Crippen LogP contribution in [0, 0.1) is 5.82 Å². The number of sulfone groups is 1. The Balaban J connectivity index is 1.93. The number of aromatic nitrogens is 1. The minimum absolute atomic E-state index is 0.101. The highest BCUT2D eigenvalue weighted by molar-refractivity contribution is 7.92. The molecule has 0 aliphatic rings. The summed E-state index contributed by atoms with van der Waals surface area (Å²) in [7, 11) is 1.33. The van der Waals surface area contributed by atoms with E-state index in [-0.39, 0.29) is 11.4 Å². The Bertz CT molecular complexity index is 1140. The second-order valence-corrected chi connectivity index (χ2v) is 9.86. The summed E-state index contributed by atoms with van der Waals surface area (Å²) in [6.45, 7) is 0.794. The number of rotatable bonds is 8. The van der Waals surface area contributed by atoms with Crippen LogP contribution >= 0.6 is 11.3 Å². The molecule has 0 atom stereocenters. The molecule has 0 spiro atoms. The van der Waals surface area contributed by atoms with Gasteiger partial charge in [-0.05, 0) is 50.5 Å². The average molecular weight is 452 g/mol. The number of methoxy groups -OCH3 is 1. The van der Waals surface area contributed by atoms with Crippen LogP contribution in [0.1, 0.15) is 0 Å². The number of thiazole rings is 1. The van der Waals surface area contributed by atoms with Gasteiger partial charge in [0.1, 0.15) is 22.8 Å². The molecule has 0 aliphatic heterocycles. The van der Waals surface area contributed by atoms with Crippen LogP contribution in [-0.2, 0) is 14.6 Å². The second-order valence-electron chi connectivity index (χ2n) is 6.87. The van der Waals surface area contributed by atoms with Crippen LogP contribution in [0.15, 0.2) is 47.4 Å². The second kappa shape index (κ2) is 9.07. The molecule has 1 aromatic heterocycles. The fourth-order valence-electron chi connectivity index (χ4n) is 2.78. The fraction of sp³-hybridized carbons (Fsp3) is 0.300. The first-order valence-corrected chi connectivity index (χ1v) is 11.5. The predicted molar refractivity (Wildman–Crippen MR) is 116 cm³/mol. The Morgan fingerprint density at radius 2 is 1.83 bits per heavy atom. The van der Waals surface area contributed by atoms with Crippen LogP contribution in [0.4, 0.5) is 9.52 Å². The number of fused-ring (bicyclic) bond motifs is 1. The highest BCUT2D eigenvalue weighted by Gasteiger charge is 2.27. The zero-order valence-electron chi connectivity index (χ0n) is 16.8. The van der Waals surface area contributed by atoms with E-state index in [1.54, 1.807) is 6.07 Å². The molecule has 0 saturated heterocycles. The van der Waals surface area contributed by atoms with E-state index in [1.165, 1.54) is 23.3 Å². The lowest BCUT2D eigenvalue weighted by Crippen LogP contribution is -2.40. The monoisotopic (exact) mass is 451 g/mol. The summed E-state index contributed by atoms with van der Waals surface area (Å²) >= 11 is 1.29. The van der Waals surface area contributed by atoms with Crippen molar-refractivity contribution >= 4 is 42.4 Å². The third-order valence-electron chi connectivity index (χ3n) is 4.38. The van der Waals surface area contributed by atoms with Gasteiger partial charge in [-0.25, -0.2) is 17.8 Å². The van der Waals surface area contributed by atoms with Crippen LogP contribution < -0.4 is 9.64 Å². The number of halogens is 1. The lowest BCUT2D eigenvalue weighted by Gasteiger charge is -2.22. The maximum atomic E-state index is 13.1. The smallest absolute Gasteiger partial charge is 0.244 e. The molecule has 2 aromatic carbocycles. The van der Waals surface area contributed by atoms with Crippen molar-refractivity contribution < 1.29 is 22.3 Å². The van der Waals surface area contributed by atoms with Gasteiger partial charge in [-0.1, -0.05) is 17.4 Å². The van der Waals surface area contributed by atoms with Gasteiger partial charge >= 0.3 is 0 Å². The molecule has 0 unspecified atom stereocenters. The average Bonchev–Trinajstić information content (AvgIpc) is 3.11. The van der Waals surface area contributed by atoms with E-state index >= 15 is 0 Å². The standard InChI is InChI=1S/C20H22FN3O4S2/c1-23(2)11-12-24(20-22-19-16(28-3)5-4-6-17(19)29-20)18(25)13-30(26,27)15-9-7-14(21)8-10-15/h4-10H,11-13H2,1-3H3. The lowest BCUT2D eigenvalue weighted by atomic mass is 10.3. The number of amides is 1. The number of hydrogen-bond acceptors (Lipinski definition) is 7. The quantitative estimate of drug-likeness (QED) is 0.490. The van der Waals surface area contributed by atoms with Crippen LogP contribution in [-0.4, -0.2) is 64.3 Å². The largest absolute Gasteiger partial charge is 0.494 e. The van der Waals surface area contributed by atoms with Crippen molar-refractivity contribution in [1.29, 1.82) is 0 Å². The summed E-state index contributed by atoms with van der Waals surface area (Å²) < 4.78 is 44.7. The van der Waals surface area contributed by atoms with Crippen molar-refractivity contribution in [3.63, 3.8) is 0 Å². The van der Waals surface area contributed by atoms with Gasteiger partial charge in [-0.3, -0.25) is 9.69 Å². The van der Waals surface area contributed by atoms with Gasteiger partial charge in [0.2, 0.25) is 5.91 Å². The Morgan fingerprint density at radius 3 is 2.47 bits per heavy atom. The highest BCUT2D eigenvalue weighted by atomic mass is 32.2. The predicted octanol–water partition coefficient (Wildman–Crippen LogP) is 2.81. The summed E-state index contributed by atoms with van der Waals surface area (Å²) in [4.78, 5) is 20.7. The van der Waals surface area contributed by atoms with Crippen molar-refractivity contribution in [3.8, 4) is 5.75 Å². The third kappa shape index (κ3) is 4.94. The number of likely N-dealkylation sites (N-methyl/N-ethyl adjacent to an activating group) is 1. The summed E-state index contributed by atoms with van der Waals surface area (Å²) in [5, 5.41) is 0.399. The van der Waals surface area contributed by atoms with E-state index < -0.39 is 27.3 Å². The number of benzene rings is 2. The number of para-hydroxylation sites is 1. The van der Waals surface area contributed by atoms with E-state index in [9.17, 15) is 17.6 Å². The Hall–Kier alpha value is -2.56. The molecule has 160 valence electrons. The van der Waals surface area contributed by atoms with Crippen LogP contribution in [0.3, 0.4) is 0 Å². The number of ether oxygens (including phenoxy) is 1. The Labute approximate surface area is 178 Å². The maximum absolute atomic E-state index is 13.1. The van der Waals surface area contributed by atoms with E-state index in [0.717, 1.165) is 29.0 Å². The zero-order chi connectivity index (χ0) is 21.9. The molecule has 1 heterocycles. The van der Waals surface area contributed by atoms with Gasteiger partial charge in [0.25, 0.3) is 0 Å². The molecule has 7 nitrogen and oxygen atoms in total. The normalized spacial score (nSPS) is 11.8. The number of carbonyl (C=O) groups excluding carboxylic acids is 1. The van der Waals surface area contributed by atoms with Crippen molar-refractivity contribution in [2.24, 2.45) is 0 Å².